The third-order valence-electron chi connectivity index (χ3n) is 1.68. The van der Waals surface area contributed by atoms with Gasteiger partial charge in [0, 0.05) is 13.3 Å². The van der Waals surface area contributed by atoms with Gasteiger partial charge in [0.05, 0.1) is 17.7 Å². The lowest BCUT2D eigenvalue weighted by atomic mass is 10.4. The summed E-state index contributed by atoms with van der Waals surface area (Å²) < 4.78 is 10.6. The van der Waals surface area contributed by atoms with Gasteiger partial charge in [0.2, 0.25) is 0 Å². The summed E-state index contributed by atoms with van der Waals surface area (Å²) in [7, 11) is 1.58. The highest BCUT2D eigenvalue weighted by Gasteiger charge is 2.05. The van der Waals surface area contributed by atoms with Crippen LogP contribution in [0.4, 0.5) is 5.82 Å². The van der Waals surface area contributed by atoms with Crippen LogP contribution in [0.5, 0.6) is 0 Å². The molecule has 1 N–H and O–H groups in total. The van der Waals surface area contributed by atoms with Gasteiger partial charge in [-0.1, -0.05) is 0 Å². The van der Waals surface area contributed by atoms with Gasteiger partial charge in [-0.2, -0.15) is 0 Å². The molecule has 0 aliphatic rings. The van der Waals surface area contributed by atoms with Gasteiger partial charge in [0.15, 0.2) is 0 Å². The molecule has 0 saturated heterocycles. The van der Waals surface area contributed by atoms with Gasteiger partial charge in [0.1, 0.15) is 12.4 Å². The first kappa shape index (κ1) is 13.1. The van der Waals surface area contributed by atoms with Crippen LogP contribution in [0.25, 0.3) is 0 Å². The number of carbonyl (C=O) groups excluding carboxylic acids is 1. The predicted octanol–water partition coefficient (Wildman–Crippen LogP) is 1.45. The second-order valence-electron chi connectivity index (χ2n) is 2.93. The van der Waals surface area contributed by atoms with Crippen LogP contribution in [-0.4, -0.2) is 37.8 Å². The number of carbonyl (C=O) groups is 1. The molecule has 5 nitrogen and oxygen atoms in total. The first-order valence-electron chi connectivity index (χ1n) is 4.71. The SMILES string of the molecule is COCCOCC(=O)Nc1ncccc1Br. The van der Waals surface area contributed by atoms with Gasteiger partial charge in [-0.15, -0.1) is 0 Å². The molecule has 88 valence electrons. The molecule has 0 aliphatic heterocycles. The van der Waals surface area contributed by atoms with Crippen LogP contribution in [0.3, 0.4) is 0 Å². The molecule has 0 saturated carbocycles. The van der Waals surface area contributed by atoms with Crippen molar-refractivity contribution in [3.8, 4) is 0 Å². The molecule has 1 amide bonds. The maximum atomic E-state index is 11.4. The summed E-state index contributed by atoms with van der Waals surface area (Å²) in [5, 5.41) is 2.62. The fraction of sp³-hybridized carbons (Fsp3) is 0.400. The molecule has 6 heteroatoms. The smallest absolute Gasteiger partial charge is 0.251 e. The van der Waals surface area contributed by atoms with Crippen LogP contribution < -0.4 is 5.32 Å². The van der Waals surface area contributed by atoms with E-state index in [1.54, 1.807) is 25.4 Å². The molecule has 0 unspecified atom stereocenters. The van der Waals surface area contributed by atoms with E-state index in [0.717, 1.165) is 4.47 Å². The molecule has 0 fully saturated rings. The van der Waals surface area contributed by atoms with Gasteiger partial charge in [-0.3, -0.25) is 4.79 Å². The van der Waals surface area contributed by atoms with Crippen molar-refractivity contribution in [1.29, 1.82) is 0 Å². The molecule has 1 rings (SSSR count). The number of anilines is 1. The van der Waals surface area contributed by atoms with Crippen molar-refractivity contribution in [3.05, 3.63) is 22.8 Å². The topological polar surface area (TPSA) is 60.5 Å². The molecule has 0 atom stereocenters. The van der Waals surface area contributed by atoms with E-state index < -0.39 is 0 Å². The molecule has 0 radical (unpaired) electrons. The minimum absolute atomic E-state index is 0.00757. The van der Waals surface area contributed by atoms with Crippen LogP contribution in [0.1, 0.15) is 0 Å². The predicted molar refractivity (Wildman–Crippen MR) is 63.3 cm³/mol. The second-order valence-corrected chi connectivity index (χ2v) is 3.78. The molecule has 0 bridgehead atoms. The van der Waals surface area contributed by atoms with Gasteiger partial charge in [-0.25, -0.2) is 4.98 Å². The van der Waals surface area contributed by atoms with Crippen molar-refractivity contribution >= 4 is 27.7 Å². The van der Waals surface area contributed by atoms with Crippen LogP contribution in [0.2, 0.25) is 0 Å². The largest absolute Gasteiger partial charge is 0.382 e. The summed E-state index contributed by atoms with van der Waals surface area (Å²) in [6.45, 7) is 0.861. The standard InChI is InChI=1S/C10H13BrN2O3/c1-15-5-6-16-7-9(14)13-10-8(11)3-2-4-12-10/h2-4H,5-7H2,1H3,(H,12,13,14). The fourth-order valence-electron chi connectivity index (χ4n) is 0.953. The summed E-state index contributed by atoms with van der Waals surface area (Å²) in [6.07, 6.45) is 1.60. The number of rotatable bonds is 6. The lowest BCUT2D eigenvalue weighted by Crippen LogP contribution is -2.20. The molecule has 0 aromatic carbocycles. The highest BCUT2D eigenvalue weighted by molar-refractivity contribution is 9.10. The zero-order valence-corrected chi connectivity index (χ0v) is 10.5. The van der Waals surface area contributed by atoms with Crippen molar-refractivity contribution < 1.29 is 14.3 Å². The Bertz CT molecular complexity index is 347. The normalized spacial score (nSPS) is 10.1. The van der Waals surface area contributed by atoms with Crippen LogP contribution in [-0.2, 0) is 14.3 Å². The summed E-state index contributed by atoms with van der Waals surface area (Å²) >= 11 is 3.28. The van der Waals surface area contributed by atoms with Crippen molar-refractivity contribution in [2.75, 3.05) is 32.2 Å². The van der Waals surface area contributed by atoms with Gasteiger partial charge in [-0.05, 0) is 28.1 Å². The Morgan fingerprint density at radius 2 is 2.38 bits per heavy atom. The van der Waals surface area contributed by atoms with Crippen LogP contribution in [0, 0.1) is 0 Å². The van der Waals surface area contributed by atoms with E-state index in [1.807, 2.05) is 0 Å². The monoisotopic (exact) mass is 288 g/mol. The Balaban J connectivity index is 2.32. The highest BCUT2D eigenvalue weighted by atomic mass is 79.9. The Labute approximate surface area is 102 Å². The van der Waals surface area contributed by atoms with Gasteiger partial charge >= 0.3 is 0 Å². The third kappa shape index (κ3) is 4.69. The number of methoxy groups -OCH3 is 1. The number of ether oxygens (including phenoxy) is 2. The number of hydrogen-bond acceptors (Lipinski definition) is 4. The van der Waals surface area contributed by atoms with E-state index >= 15 is 0 Å². The number of halogens is 1. The molecular formula is C10H13BrN2O3. The zero-order valence-electron chi connectivity index (χ0n) is 8.90. The quantitative estimate of drug-likeness (QED) is 0.805. The third-order valence-corrected chi connectivity index (χ3v) is 2.32. The Morgan fingerprint density at radius 3 is 3.06 bits per heavy atom. The van der Waals surface area contributed by atoms with E-state index in [4.69, 9.17) is 9.47 Å². The van der Waals surface area contributed by atoms with E-state index in [9.17, 15) is 4.79 Å². The van der Waals surface area contributed by atoms with Gasteiger partial charge < -0.3 is 14.8 Å². The summed E-state index contributed by atoms with van der Waals surface area (Å²) in [4.78, 5) is 15.4. The minimum Gasteiger partial charge on any atom is -0.382 e. The van der Waals surface area contributed by atoms with Gasteiger partial charge in [0.25, 0.3) is 5.91 Å². The lowest BCUT2D eigenvalue weighted by molar-refractivity contribution is -0.121. The van der Waals surface area contributed by atoms with E-state index in [2.05, 4.69) is 26.2 Å². The highest BCUT2D eigenvalue weighted by Crippen LogP contribution is 2.17. The maximum absolute atomic E-state index is 11.4. The summed E-state index contributed by atoms with van der Waals surface area (Å²) in [5.41, 5.74) is 0. The first-order chi connectivity index (χ1) is 7.74. The first-order valence-corrected chi connectivity index (χ1v) is 5.50. The summed E-state index contributed by atoms with van der Waals surface area (Å²) in [6, 6.07) is 3.57. The Morgan fingerprint density at radius 1 is 1.56 bits per heavy atom. The molecule has 16 heavy (non-hydrogen) atoms. The molecule has 1 heterocycles. The zero-order chi connectivity index (χ0) is 11.8. The Kier molecular flexibility index (Phi) is 5.99. The number of hydrogen-bond donors (Lipinski definition) is 1. The lowest BCUT2D eigenvalue weighted by Gasteiger charge is -2.06. The molecular weight excluding hydrogens is 276 g/mol. The van der Waals surface area contributed by atoms with Crippen molar-refractivity contribution in [2.45, 2.75) is 0 Å². The number of nitrogens with zero attached hydrogens (tertiary/aromatic N) is 1. The van der Waals surface area contributed by atoms with Crippen LogP contribution >= 0.6 is 15.9 Å². The van der Waals surface area contributed by atoms with Crippen LogP contribution in [0.15, 0.2) is 22.8 Å². The number of nitrogens with one attached hydrogen (secondary N) is 1. The maximum Gasteiger partial charge on any atom is 0.251 e. The average molecular weight is 289 g/mol. The van der Waals surface area contributed by atoms with E-state index in [-0.39, 0.29) is 12.5 Å². The molecule has 0 spiro atoms. The fourth-order valence-corrected chi connectivity index (χ4v) is 1.31. The number of pyridine rings is 1. The van der Waals surface area contributed by atoms with E-state index in [1.165, 1.54) is 0 Å². The minimum atomic E-state index is -0.240. The molecule has 0 aliphatic carbocycles. The number of amides is 1. The molecule has 1 aromatic heterocycles. The van der Waals surface area contributed by atoms with Crippen molar-refractivity contribution in [3.63, 3.8) is 0 Å². The van der Waals surface area contributed by atoms with E-state index in [0.29, 0.717) is 19.0 Å². The average Bonchev–Trinajstić information content (AvgIpc) is 2.28. The van der Waals surface area contributed by atoms with Crippen molar-refractivity contribution in [2.24, 2.45) is 0 Å². The summed E-state index contributed by atoms with van der Waals surface area (Å²) in [5.74, 6) is 0.248. The Hall–Kier alpha value is -0.980. The number of aromatic nitrogens is 1. The molecule has 1 aromatic rings. The second kappa shape index (κ2) is 7.32. The van der Waals surface area contributed by atoms with Crippen molar-refractivity contribution in [1.82, 2.24) is 4.98 Å².